The maximum absolute atomic E-state index is 9.65. The number of hydrogen-bond donors (Lipinski definition) is 2. The highest BCUT2D eigenvalue weighted by Crippen LogP contribution is 2.33. The Labute approximate surface area is 73.9 Å². The minimum absolute atomic E-state index is 0.0270. The van der Waals surface area contributed by atoms with E-state index in [9.17, 15) is 10.2 Å². The standard InChI is InChI=1S/C10H18O2/c1-10(2,3)7-5-4-6-8(11)9(7)12/h5,8-9,11-12H,4,6H2,1-3H3/t8-,9+/m0/s1. The summed E-state index contributed by atoms with van der Waals surface area (Å²) < 4.78 is 0. The summed E-state index contributed by atoms with van der Waals surface area (Å²) in [4.78, 5) is 0. The van der Waals surface area contributed by atoms with Gasteiger partial charge in [0.25, 0.3) is 0 Å². The monoisotopic (exact) mass is 170 g/mol. The van der Waals surface area contributed by atoms with Gasteiger partial charge in [0.15, 0.2) is 0 Å². The number of rotatable bonds is 0. The molecule has 0 spiro atoms. The van der Waals surface area contributed by atoms with Gasteiger partial charge in [-0.3, -0.25) is 0 Å². The van der Waals surface area contributed by atoms with Crippen LogP contribution in [0.15, 0.2) is 11.6 Å². The summed E-state index contributed by atoms with van der Waals surface area (Å²) in [6, 6.07) is 0. The Morgan fingerprint density at radius 1 is 1.33 bits per heavy atom. The zero-order chi connectivity index (χ0) is 9.35. The molecule has 0 heterocycles. The van der Waals surface area contributed by atoms with Crippen molar-refractivity contribution in [2.24, 2.45) is 5.41 Å². The zero-order valence-corrected chi connectivity index (χ0v) is 8.04. The lowest BCUT2D eigenvalue weighted by Crippen LogP contribution is -2.35. The molecule has 0 bridgehead atoms. The van der Waals surface area contributed by atoms with Crippen LogP contribution in [0.4, 0.5) is 0 Å². The number of aliphatic hydroxyl groups excluding tert-OH is 2. The van der Waals surface area contributed by atoms with Crippen molar-refractivity contribution in [2.45, 2.75) is 45.8 Å². The molecule has 12 heavy (non-hydrogen) atoms. The quantitative estimate of drug-likeness (QED) is 0.540. The lowest BCUT2D eigenvalue weighted by molar-refractivity contribution is 0.0208. The second kappa shape index (κ2) is 3.19. The van der Waals surface area contributed by atoms with Gasteiger partial charge in [0.2, 0.25) is 0 Å². The van der Waals surface area contributed by atoms with Crippen LogP contribution in [0.3, 0.4) is 0 Å². The largest absolute Gasteiger partial charge is 0.390 e. The van der Waals surface area contributed by atoms with Crippen molar-refractivity contribution in [1.29, 1.82) is 0 Å². The van der Waals surface area contributed by atoms with Gasteiger partial charge in [0.1, 0.15) is 6.10 Å². The molecule has 1 aliphatic carbocycles. The molecule has 0 aliphatic heterocycles. The molecule has 1 rings (SSSR count). The first-order valence-corrected chi connectivity index (χ1v) is 4.49. The summed E-state index contributed by atoms with van der Waals surface area (Å²) in [5.41, 5.74) is 0.946. The van der Waals surface area contributed by atoms with E-state index in [0.717, 1.165) is 12.0 Å². The van der Waals surface area contributed by atoms with Gasteiger partial charge >= 0.3 is 0 Å². The van der Waals surface area contributed by atoms with E-state index < -0.39 is 12.2 Å². The molecule has 2 heteroatoms. The fourth-order valence-corrected chi connectivity index (χ4v) is 1.65. The molecule has 70 valence electrons. The van der Waals surface area contributed by atoms with Crippen molar-refractivity contribution in [3.8, 4) is 0 Å². The fourth-order valence-electron chi connectivity index (χ4n) is 1.65. The van der Waals surface area contributed by atoms with Crippen molar-refractivity contribution in [3.63, 3.8) is 0 Å². The number of hydrogen-bond acceptors (Lipinski definition) is 2. The minimum Gasteiger partial charge on any atom is -0.390 e. The summed E-state index contributed by atoms with van der Waals surface area (Å²) in [7, 11) is 0. The van der Waals surface area contributed by atoms with Gasteiger partial charge < -0.3 is 10.2 Å². The van der Waals surface area contributed by atoms with Gasteiger partial charge in [-0.15, -0.1) is 0 Å². The second-order valence-electron chi connectivity index (χ2n) is 4.50. The molecule has 0 fully saturated rings. The predicted molar refractivity (Wildman–Crippen MR) is 48.8 cm³/mol. The first-order chi connectivity index (χ1) is 5.43. The van der Waals surface area contributed by atoms with Crippen molar-refractivity contribution in [3.05, 3.63) is 11.6 Å². The van der Waals surface area contributed by atoms with E-state index in [0.29, 0.717) is 6.42 Å². The molecule has 0 aromatic carbocycles. The summed E-state index contributed by atoms with van der Waals surface area (Å²) in [6.45, 7) is 6.17. The molecule has 0 amide bonds. The Bertz CT molecular complexity index is 189. The summed E-state index contributed by atoms with van der Waals surface area (Å²) in [5, 5.41) is 19.1. The fraction of sp³-hybridized carbons (Fsp3) is 0.800. The number of allylic oxidation sites excluding steroid dienone is 1. The highest BCUT2D eigenvalue weighted by atomic mass is 16.3. The second-order valence-corrected chi connectivity index (χ2v) is 4.50. The molecular weight excluding hydrogens is 152 g/mol. The highest BCUT2D eigenvalue weighted by molar-refractivity contribution is 5.20. The molecule has 0 radical (unpaired) electrons. The lowest BCUT2D eigenvalue weighted by Gasteiger charge is -2.33. The SMILES string of the molecule is CC(C)(C)C1=CCC[C@H](O)[C@@H]1O. The molecule has 2 N–H and O–H groups in total. The van der Waals surface area contributed by atoms with Gasteiger partial charge in [0.05, 0.1) is 6.10 Å². The van der Waals surface area contributed by atoms with Gasteiger partial charge in [-0.25, -0.2) is 0 Å². The Balaban J connectivity index is 2.82. The Kier molecular flexibility index (Phi) is 2.59. The van der Waals surface area contributed by atoms with E-state index in [-0.39, 0.29) is 5.41 Å². The molecule has 0 aromatic rings. The van der Waals surface area contributed by atoms with Crippen molar-refractivity contribution >= 4 is 0 Å². The van der Waals surface area contributed by atoms with Crippen LogP contribution in [0, 0.1) is 5.41 Å². The third kappa shape index (κ3) is 1.87. The highest BCUT2D eigenvalue weighted by Gasteiger charge is 2.30. The van der Waals surface area contributed by atoms with Gasteiger partial charge in [-0.05, 0) is 23.8 Å². The molecule has 2 nitrogen and oxygen atoms in total. The van der Waals surface area contributed by atoms with Crippen LogP contribution < -0.4 is 0 Å². The van der Waals surface area contributed by atoms with Crippen LogP contribution in [-0.2, 0) is 0 Å². The molecule has 1 aliphatic rings. The van der Waals surface area contributed by atoms with Crippen LogP contribution in [-0.4, -0.2) is 22.4 Å². The number of aliphatic hydroxyl groups is 2. The first-order valence-electron chi connectivity index (χ1n) is 4.49. The van der Waals surface area contributed by atoms with E-state index in [1.54, 1.807) is 0 Å². The van der Waals surface area contributed by atoms with Gasteiger partial charge in [-0.1, -0.05) is 26.8 Å². The lowest BCUT2D eigenvalue weighted by atomic mass is 9.77. The topological polar surface area (TPSA) is 40.5 Å². The summed E-state index contributed by atoms with van der Waals surface area (Å²) in [5.74, 6) is 0. The van der Waals surface area contributed by atoms with Crippen LogP contribution in [0.25, 0.3) is 0 Å². The average Bonchev–Trinajstić information content (AvgIpc) is 1.92. The van der Waals surface area contributed by atoms with E-state index in [1.165, 1.54) is 0 Å². The third-order valence-corrected chi connectivity index (χ3v) is 2.38. The van der Waals surface area contributed by atoms with Crippen LogP contribution in [0.1, 0.15) is 33.6 Å². The van der Waals surface area contributed by atoms with E-state index in [1.807, 2.05) is 0 Å². The Morgan fingerprint density at radius 2 is 1.92 bits per heavy atom. The van der Waals surface area contributed by atoms with Crippen molar-refractivity contribution in [2.75, 3.05) is 0 Å². The average molecular weight is 170 g/mol. The molecular formula is C10H18O2. The van der Waals surface area contributed by atoms with Gasteiger partial charge in [0, 0.05) is 0 Å². The van der Waals surface area contributed by atoms with Crippen molar-refractivity contribution < 1.29 is 10.2 Å². The molecule has 2 atom stereocenters. The summed E-state index contributed by atoms with van der Waals surface area (Å²) >= 11 is 0. The predicted octanol–water partition coefficient (Wildman–Crippen LogP) is 1.47. The van der Waals surface area contributed by atoms with Crippen molar-refractivity contribution in [1.82, 2.24) is 0 Å². The molecule has 0 saturated carbocycles. The first kappa shape index (κ1) is 9.75. The van der Waals surface area contributed by atoms with Crippen LogP contribution in [0.5, 0.6) is 0 Å². The summed E-state index contributed by atoms with van der Waals surface area (Å²) in [6.07, 6.45) is 2.39. The maximum Gasteiger partial charge on any atom is 0.101 e. The Hall–Kier alpha value is -0.340. The van der Waals surface area contributed by atoms with E-state index in [4.69, 9.17) is 0 Å². The van der Waals surface area contributed by atoms with E-state index in [2.05, 4.69) is 26.8 Å². The molecule has 0 unspecified atom stereocenters. The zero-order valence-electron chi connectivity index (χ0n) is 8.04. The maximum atomic E-state index is 9.65. The third-order valence-electron chi connectivity index (χ3n) is 2.38. The smallest absolute Gasteiger partial charge is 0.101 e. The Morgan fingerprint density at radius 3 is 2.33 bits per heavy atom. The molecule has 0 aromatic heterocycles. The van der Waals surface area contributed by atoms with Gasteiger partial charge in [-0.2, -0.15) is 0 Å². The van der Waals surface area contributed by atoms with Crippen LogP contribution in [0.2, 0.25) is 0 Å². The van der Waals surface area contributed by atoms with E-state index >= 15 is 0 Å². The molecule has 0 saturated heterocycles. The minimum atomic E-state index is -0.654. The van der Waals surface area contributed by atoms with Crippen LogP contribution >= 0.6 is 0 Å². The normalized spacial score (nSPS) is 31.6.